The molecule has 0 bridgehead atoms. The highest BCUT2D eigenvalue weighted by atomic mass is 32.1. The van der Waals surface area contributed by atoms with E-state index in [0.717, 1.165) is 23.9 Å². The second-order valence-corrected chi connectivity index (χ2v) is 6.45. The molecule has 1 atom stereocenters. The summed E-state index contributed by atoms with van der Waals surface area (Å²) in [7, 11) is 0. The number of benzene rings is 1. The summed E-state index contributed by atoms with van der Waals surface area (Å²) in [5.41, 5.74) is 2.26. The van der Waals surface area contributed by atoms with Crippen molar-refractivity contribution in [3.8, 4) is 11.3 Å². The van der Waals surface area contributed by atoms with E-state index in [1.807, 2.05) is 18.3 Å². The average molecular weight is 310 g/mol. The minimum absolute atomic E-state index is 0.452. The maximum absolute atomic E-state index is 4.83. The molecule has 0 N–H and O–H groups in total. The lowest BCUT2D eigenvalue weighted by molar-refractivity contribution is 0.376. The van der Waals surface area contributed by atoms with Crippen LogP contribution in [0, 0.1) is 0 Å². The predicted octanol–water partition coefficient (Wildman–Crippen LogP) is 3.85. The summed E-state index contributed by atoms with van der Waals surface area (Å²) in [6.45, 7) is 2.07. The molecule has 2 aromatic heterocycles. The van der Waals surface area contributed by atoms with Crippen molar-refractivity contribution >= 4 is 16.5 Å². The molecule has 112 valence electrons. The molecule has 22 heavy (non-hydrogen) atoms. The van der Waals surface area contributed by atoms with Gasteiger partial charge in [-0.15, -0.1) is 11.3 Å². The third-order valence-electron chi connectivity index (χ3n) is 4.13. The summed E-state index contributed by atoms with van der Waals surface area (Å²) in [6, 6.07) is 12.8. The summed E-state index contributed by atoms with van der Waals surface area (Å²) in [6.07, 6.45) is 6.29. The molecular formula is C17H18N4S. The number of anilines is 1. The summed E-state index contributed by atoms with van der Waals surface area (Å²) in [5.74, 6) is 0. The molecule has 3 heterocycles. The topological polar surface area (TPSA) is 34.0 Å². The fourth-order valence-electron chi connectivity index (χ4n) is 2.99. The minimum Gasteiger partial charge on any atom is -0.346 e. The highest BCUT2D eigenvalue weighted by Crippen LogP contribution is 2.31. The van der Waals surface area contributed by atoms with Gasteiger partial charge >= 0.3 is 0 Å². The van der Waals surface area contributed by atoms with E-state index in [1.54, 1.807) is 11.3 Å². The van der Waals surface area contributed by atoms with Gasteiger partial charge in [-0.1, -0.05) is 30.3 Å². The zero-order valence-electron chi connectivity index (χ0n) is 12.3. The predicted molar refractivity (Wildman–Crippen MR) is 90.3 cm³/mol. The third-order valence-corrected chi connectivity index (χ3v) is 5.03. The summed E-state index contributed by atoms with van der Waals surface area (Å²) < 4.78 is 2.08. The normalized spacial score (nSPS) is 18.5. The van der Waals surface area contributed by atoms with E-state index in [2.05, 4.69) is 50.5 Å². The molecule has 4 rings (SSSR count). The van der Waals surface area contributed by atoms with Gasteiger partial charge in [0.05, 0.1) is 11.7 Å². The van der Waals surface area contributed by atoms with Crippen LogP contribution in [-0.2, 0) is 0 Å². The van der Waals surface area contributed by atoms with Crippen molar-refractivity contribution in [2.45, 2.75) is 18.9 Å². The third kappa shape index (κ3) is 2.64. The molecule has 0 aliphatic carbocycles. The van der Waals surface area contributed by atoms with Crippen molar-refractivity contribution in [3.63, 3.8) is 0 Å². The van der Waals surface area contributed by atoms with Gasteiger partial charge in [-0.2, -0.15) is 5.10 Å². The first-order chi connectivity index (χ1) is 10.9. The van der Waals surface area contributed by atoms with E-state index in [0.29, 0.717) is 6.04 Å². The van der Waals surface area contributed by atoms with Crippen LogP contribution >= 0.6 is 11.3 Å². The van der Waals surface area contributed by atoms with E-state index in [9.17, 15) is 0 Å². The van der Waals surface area contributed by atoms with E-state index in [1.165, 1.54) is 18.4 Å². The summed E-state index contributed by atoms with van der Waals surface area (Å²) in [5, 5.41) is 7.67. The van der Waals surface area contributed by atoms with Crippen LogP contribution in [-0.4, -0.2) is 27.9 Å². The molecule has 0 spiro atoms. The van der Waals surface area contributed by atoms with E-state index in [-0.39, 0.29) is 0 Å². The highest BCUT2D eigenvalue weighted by Gasteiger charge is 2.23. The van der Waals surface area contributed by atoms with Gasteiger partial charge in [-0.25, -0.2) is 4.98 Å². The van der Waals surface area contributed by atoms with Gasteiger partial charge in [0, 0.05) is 36.4 Å². The van der Waals surface area contributed by atoms with Gasteiger partial charge in [0.1, 0.15) is 0 Å². The first-order valence-electron chi connectivity index (χ1n) is 7.65. The van der Waals surface area contributed by atoms with Crippen LogP contribution in [0.2, 0.25) is 0 Å². The lowest BCUT2D eigenvalue weighted by atomic mass is 10.1. The Bertz CT molecular complexity index is 720. The molecule has 1 unspecified atom stereocenters. The largest absolute Gasteiger partial charge is 0.346 e. The highest BCUT2D eigenvalue weighted by molar-refractivity contribution is 7.14. The number of hydrogen-bond acceptors (Lipinski definition) is 4. The number of aromatic nitrogens is 3. The summed E-state index contributed by atoms with van der Waals surface area (Å²) in [4.78, 5) is 7.23. The molecule has 0 saturated carbocycles. The molecule has 0 radical (unpaired) electrons. The van der Waals surface area contributed by atoms with Crippen molar-refractivity contribution in [2.24, 2.45) is 0 Å². The van der Waals surface area contributed by atoms with Crippen LogP contribution < -0.4 is 4.90 Å². The van der Waals surface area contributed by atoms with Crippen LogP contribution in [0.3, 0.4) is 0 Å². The molecule has 3 aromatic rings. The van der Waals surface area contributed by atoms with Gasteiger partial charge in [0.25, 0.3) is 0 Å². The minimum atomic E-state index is 0.452. The Labute approximate surface area is 134 Å². The van der Waals surface area contributed by atoms with Crippen molar-refractivity contribution in [2.75, 3.05) is 18.0 Å². The first kappa shape index (κ1) is 13.5. The maximum atomic E-state index is 4.83. The molecular weight excluding hydrogens is 292 g/mol. The molecule has 1 saturated heterocycles. The average Bonchev–Trinajstić information content (AvgIpc) is 3.28. The maximum Gasteiger partial charge on any atom is 0.185 e. The van der Waals surface area contributed by atoms with E-state index >= 15 is 0 Å². The molecule has 5 heteroatoms. The Balaban J connectivity index is 1.53. The monoisotopic (exact) mass is 310 g/mol. The fraction of sp³-hybridized carbons (Fsp3) is 0.294. The first-order valence-corrected chi connectivity index (χ1v) is 8.53. The lowest BCUT2D eigenvalue weighted by Crippen LogP contribution is -2.36. The molecule has 1 aliphatic rings. The van der Waals surface area contributed by atoms with Gasteiger partial charge < -0.3 is 4.90 Å². The molecule has 1 fully saturated rings. The Morgan fingerprint density at radius 1 is 1.14 bits per heavy atom. The molecule has 0 amide bonds. The van der Waals surface area contributed by atoms with Crippen molar-refractivity contribution in [1.82, 2.24) is 14.8 Å². The number of piperidine rings is 1. The lowest BCUT2D eigenvalue weighted by Gasteiger charge is -2.32. The smallest absolute Gasteiger partial charge is 0.185 e. The SMILES string of the molecule is c1ccc(-c2csc(N3CCCC(n4cccn4)C3)n2)cc1. The molecule has 1 aromatic carbocycles. The van der Waals surface area contributed by atoms with Gasteiger partial charge in [-0.3, -0.25) is 4.68 Å². The fourth-order valence-corrected chi connectivity index (χ4v) is 3.86. The van der Waals surface area contributed by atoms with Crippen LogP contribution in [0.25, 0.3) is 11.3 Å². The molecule has 1 aliphatic heterocycles. The number of nitrogens with zero attached hydrogens (tertiary/aromatic N) is 4. The Morgan fingerprint density at radius 2 is 2.05 bits per heavy atom. The van der Waals surface area contributed by atoms with E-state index in [4.69, 9.17) is 4.98 Å². The van der Waals surface area contributed by atoms with Crippen molar-refractivity contribution in [3.05, 3.63) is 54.2 Å². The van der Waals surface area contributed by atoms with Gasteiger partial charge in [0.2, 0.25) is 0 Å². The van der Waals surface area contributed by atoms with Crippen LogP contribution in [0.4, 0.5) is 5.13 Å². The number of rotatable bonds is 3. The number of thiazole rings is 1. The Morgan fingerprint density at radius 3 is 2.86 bits per heavy atom. The van der Waals surface area contributed by atoms with Crippen LogP contribution in [0.15, 0.2) is 54.2 Å². The van der Waals surface area contributed by atoms with Gasteiger partial charge in [0.15, 0.2) is 5.13 Å². The van der Waals surface area contributed by atoms with Crippen LogP contribution in [0.5, 0.6) is 0 Å². The standard InChI is InChI=1S/C17H18N4S/c1-2-6-14(7-3-1)16-13-22-17(19-16)20-10-4-8-15(12-20)21-11-5-9-18-21/h1-3,5-7,9,11,13,15H,4,8,10,12H2. The van der Waals surface area contributed by atoms with E-state index < -0.39 is 0 Å². The second-order valence-electron chi connectivity index (χ2n) is 5.61. The molecule has 4 nitrogen and oxygen atoms in total. The van der Waals surface area contributed by atoms with Crippen molar-refractivity contribution < 1.29 is 0 Å². The van der Waals surface area contributed by atoms with Crippen molar-refractivity contribution in [1.29, 1.82) is 0 Å². The summed E-state index contributed by atoms with van der Waals surface area (Å²) >= 11 is 1.74. The number of hydrogen-bond donors (Lipinski definition) is 0. The quantitative estimate of drug-likeness (QED) is 0.737. The Kier molecular flexibility index (Phi) is 3.64. The Hall–Kier alpha value is -2.14. The zero-order valence-corrected chi connectivity index (χ0v) is 13.1. The second kappa shape index (κ2) is 5.93. The van der Waals surface area contributed by atoms with Gasteiger partial charge in [-0.05, 0) is 18.9 Å². The van der Waals surface area contributed by atoms with Crippen LogP contribution in [0.1, 0.15) is 18.9 Å². The zero-order chi connectivity index (χ0) is 14.8.